The van der Waals surface area contributed by atoms with Crippen LogP contribution in [0.2, 0.25) is 0 Å². The zero-order chi connectivity index (χ0) is 13.0. The fourth-order valence-corrected chi connectivity index (χ4v) is 2.44. The van der Waals surface area contributed by atoms with Crippen LogP contribution in [0.4, 0.5) is 10.1 Å². The van der Waals surface area contributed by atoms with Crippen molar-refractivity contribution in [1.29, 1.82) is 5.26 Å². The van der Waals surface area contributed by atoms with Crippen molar-refractivity contribution in [3.05, 3.63) is 53.8 Å². The molecule has 2 aromatic carbocycles. The predicted octanol–water partition coefficient (Wildman–Crippen LogP) is 3.63. The van der Waals surface area contributed by atoms with Crippen LogP contribution in [0.25, 0.3) is 0 Å². The number of hydrogen-bond donors (Lipinski definition) is 1. The van der Waals surface area contributed by atoms with Crippen molar-refractivity contribution in [1.82, 2.24) is 0 Å². The summed E-state index contributed by atoms with van der Waals surface area (Å²) in [7, 11) is 0. The van der Waals surface area contributed by atoms with E-state index in [2.05, 4.69) is 6.07 Å². The average Bonchev–Trinajstić information content (AvgIpc) is 2.36. The molecule has 0 radical (unpaired) electrons. The monoisotopic (exact) mass is 258 g/mol. The van der Waals surface area contributed by atoms with Gasteiger partial charge in [0.1, 0.15) is 5.82 Å². The third-order valence-electron chi connectivity index (χ3n) is 2.45. The van der Waals surface area contributed by atoms with Gasteiger partial charge in [0.05, 0.1) is 12.5 Å². The Morgan fingerprint density at radius 3 is 2.72 bits per heavy atom. The molecule has 0 aromatic heterocycles. The molecule has 2 aromatic rings. The van der Waals surface area contributed by atoms with E-state index in [-0.39, 0.29) is 12.2 Å². The Bertz CT molecular complexity index is 605. The van der Waals surface area contributed by atoms with E-state index in [0.717, 1.165) is 10.5 Å². The largest absolute Gasteiger partial charge is 0.398 e. The van der Waals surface area contributed by atoms with Gasteiger partial charge in [0.25, 0.3) is 0 Å². The van der Waals surface area contributed by atoms with Crippen LogP contribution in [-0.2, 0) is 6.42 Å². The summed E-state index contributed by atoms with van der Waals surface area (Å²) < 4.78 is 13.5. The van der Waals surface area contributed by atoms with E-state index >= 15 is 0 Å². The molecule has 0 unspecified atom stereocenters. The lowest BCUT2D eigenvalue weighted by Crippen LogP contribution is -1.93. The molecule has 0 fully saturated rings. The molecule has 18 heavy (non-hydrogen) atoms. The number of nitrogens with zero attached hydrogens (tertiary/aromatic N) is 1. The minimum Gasteiger partial charge on any atom is -0.398 e. The van der Waals surface area contributed by atoms with Crippen LogP contribution >= 0.6 is 11.8 Å². The first kappa shape index (κ1) is 12.5. The van der Waals surface area contributed by atoms with Gasteiger partial charge in [-0.2, -0.15) is 5.26 Å². The van der Waals surface area contributed by atoms with Gasteiger partial charge in [0.2, 0.25) is 0 Å². The lowest BCUT2D eigenvalue weighted by molar-refractivity contribution is 0.602. The van der Waals surface area contributed by atoms with Crippen LogP contribution in [0.15, 0.2) is 52.3 Å². The zero-order valence-corrected chi connectivity index (χ0v) is 10.4. The Kier molecular flexibility index (Phi) is 3.85. The van der Waals surface area contributed by atoms with Gasteiger partial charge in [0.15, 0.2) is 0 Å². The highest BCUT2D eigenvalue weighted by molar-refractivity contribution is 7.99. The second kappa shape index (κ2) is 5.56. The van der Waals surface area contributed by atoms with E-state index in [9.17, 15) is 4.39 Å². The van der Waals surface area contributed by atoms with E-state index in [1.165, 1.54) is 17.8 Å². The first-order chi connectivity index (χ1) is 8.70. The Balaban J connectivity index is 2.28. The Hall–Kier alpha value is -1.99. The van der Waals surface area contributed by atoms with Gasteiger partial charge >= 0.3 is 0 Å². The van der Waals surface area contributed by atoms with Gasteiger partial charge in [-0.1, -0.05) is 23.9 Å². The summed E-state index contributed by atoms with van der Waals surface area (Å²) in [6.45, 7) is 0. The minimum atomic E-state index is -0.249. The fourth-order valence-electron chi connectivity index (χ4n) is 1.54. The summed E-state index contributed by atoms with van der Waals surface area (Å²) >= 11 is 1.32. The topological polar surface area (TPSA) is 49.8 Å². The molecule has 0 aliphatic heterocycles. The van der Waals surface area contributed by atoms with Crippen LogP contribution in [0.1, 0.15) is 5.56 Å². The number of nitrogen functional groups attached to an aromatic ring is 1. The van der Waals surface area contributed by atoms with Crippen molar-refractivity contribution in [2.45, 2.75) is 16.2 Å². The number of nitriles is 1. The molecule has 0 aliphatic carbocycles. The molecule has 0 bridgehead atoms. The highest BCUT2D eigenvalue weighted by Gasteiger charge is 2.05. The van der Waals surface area contributed by atoms with Crippen molar-refractivity contribution in [3.8, 4) is 6.07 Å². The van der Waals surface area contributed by atoms with Gasteiger partial charge in [-0.3, -0.25) is 0 Å². The number of halogens is 1. The molecular formula is C14H11FN2S. The number of benzene rings is 2. The van der Waals surface area contributed by atoms with E-state index in [1.807, 2.05) is 12.1 Å². The van der Waals surface area contributed by atoms with Crippen molar-refractivity contribution in [2.24, 2.45) is 0 Å². The number of hydrogen-bond acceptors (Lipinski definition) is 3. The number of anilines is 1. The zero-order valence-electron chi connectivity index (χ0n) is 9.56. The Morgan fingerprint density at radius 1 is 1.22 bits per heavy atom. The molecule has 2 rings (SSSR count). The van der Waals surface area contributed by atoms with E-state index < -0.39 is 0 Å². The molecule has 90 valence electrons. The Morgan fingerprint density at radius 2 is 2.00 bits per heavy atom. The second-order valence-corrected chi connectivity index (χ2v) is 4.84. The second-order valence-electron chi connectivity index (χ2n) is 3.73. The molecule has 0 atom stereocenters. The van der Waals surface area contributed by atoms with Crippen LogP contribution in [-0.4, -0.2) is 0 Å². The van der Waals surface area contributed by atoms with Crippen LogP contribution in [0.3, 0.4) is 0 Å². The molecular weight excluding hydrogens is 247 g/mol. The van der Waals surface area contributed by atoms with E-state index in [1.54, 1.807) is 24.3 Å². The maximum Gasteiger partial charge on any atom is 0.137 e. The van der Waals surface area contributed by atoms with E-state index in [0.29, 0.717) is 10.6 Å². The molecule has 0 saturated heterocycles. The number of nitrogens with two attached hydrogens (primary N) is 1. The van der Waals surface area contributed by atoms with Crippen molar-refractivity contribution in [3.63, 3.8) is 0 Å². The lowest BCUT2D eigenvalue weighted by atomic mass is 10.1. The molecule has 2 N–H and O–H groups in total. The van der Waals surface area contributed by atoms with Crippen LogP contribution in [0.5, 0.6) is 0 Å². The maximum absolute atomic E-state index is 13.5. The van der Waals surface area contributed by atoms with Gasteiger partial charge in [-0.05, 0) is 35.9 Å². The van der Waals surface area contributed by atoms with Gasteiger partial charge in [-0.15, -0.1) is 0 Å². The summed E-state index contributed by atoms with van der Waals surface area (Å²) in [6, 6.07) is 14.1. The summed E-state index contributed by atoms with van der Waals surface area (Å²) in [4.78, 5) is 1.43. The van der Waals surface area contributed by atoms with E-state index in [4.69, 9.17) is 11.0 Å². The third-order valence-corrected chi connectivity index (χ3v) is 3.49. The molecule has 2 nitrogen and oxygen atoms in total. The molecule has 0 saturated carbocycles. The van der Waals surface area contributed by atoms with Crippen molar-refractivity contribution >= 4 is 17.4 Å². The molecule has 0 amide bonds. The molecule has 0 spiro atoms. The third kappa shape index (κ3) is 2.82. The summed E-state index contributed by atoms with van der Waals surface area (Å²) in [6.07, 6.45) is 0.261. The normalized spacial score (nSPS) is 10.0. The standard InChI is InChI=1S/C14H11FN2S/c15-12-3-1-2-4-14(12)18-11-5-6-13(17)10(9-11)7-8-16/h1-6,9H,7,17H2. The van der Waals surface area contributed by atoms with Crippen LogP contribution < -0.4 is 5.73 Å². The minimum absolute atomic E-state index is 0.249. The van der Waals surface area contributed by atoms with Crippen molar-refractivity contribution < 1.29 is 4.39 Å². The van der Waals surface area contributed by atoms with Gasteiger partial charge < -0.3 is 5.73 Å². The summed E-state index contributed by atoms with van der Waals surface area (Å²) in [5.41, 5.74) is 7.13. The predicted molar refractivity (Wildman–Crippen MR) is 70.7 cm³/mol. The summed E-state index contributed by atoms with van der Waals surface area (Å²) in [5.74, 6) is -0.249. The highest BCUT2D eigenvalue weighted by atomic mass is 32.2. The molecule has 0 heterocycles. The van der Waals surface area contributed by atoms with Gasteiger partial charge in [-0.25, -0.2) is 4.39 Å². The lowest BCUT2D eigenvalue weighted by Gasteiger charge is -2.06. The Labute approximate surface area is 109 Å². The first-order valence-corrected chi connectivity index (χ1v) is 6.20. The average molecular weight is 258 g/mol. The summed E-state index contributed by atoms with van der Waals surface area (Å²) in [5, 5.41) is 8.70. The molecule has 0 aliphatic rings. The maximum atomic E-state index is 13.5. The van der Waals surface area contributed by atoms with Gasteiger partial charge in [0, 0.05) is 15.5 Å². The van der Waals surface area contributed by atoms with Crippen LogP contribution in [0, 0.1) is 17.1 Å². The van der Waals surface area contributed by atoms with Crippen molar-refractivity contribution in [2.75, 3.05) is 5.73 Å². The molecule has 4 heteroatoms. The quantitative estimate of drug-likeness (QED) is 0.855. The smallest absolute Gasteiger partial charge is 0.137 e. The SMILES string of the molecule is N#CCc1cc(Sc2ccccc2F)ccc1N. The first-order valence-electron chi connectivity index (χ1n) is 5.38. The number of rotatable bonds is 3. The fraction of sp³-hybridized carbons (Fsp3) is 0.0714. The highest BCUT2D eigenvalue weighted by Crippen LogP contribution is 2.31.